The van der Waals surface area contributed by atoms with E-state index in [0.717, 1.165) is 11.1 Å². The van der Waals surface area contributed by atoms with E-state index >= 15 is 0 Å². The fourth-order valence-electron chi connectivity index (χ4n) is 3.78. The summed E-state index contributed by atoms with van der Waals surface area (Å²) < 4.78 is 32.9. The molecule has 3 aromatic rings. The zero-order valence-corrected chi connectivity index (χ0v) is 15.3. The van der Waals surface area contributed by atoms with Gasteiger partial charge in [0.1, 0.15) is 5.82 Å². The van der Waals surface area contributed by atoms with Crippen LogP contribution in [0.4, 0.5) is 10.1 Å². The maximum atomic E-state index is 14.9. The van der Waals surface area contributed by atoms with Crippen molar-refractivity contribution in [3.8, 4) is 11.5 Å². The van der Waals surface area contributed by atoms with Crippen LogP contribution in [0.3, 0.4) is 0 Å². The molecule has 0 bridgehead atoms. The van der Waals surface area contributed by atoms with Gasteiger partial charge in [-0.3, -0.25) is 0 Å². The van der Waals surface area contributed by atoms with Gasteiger partial charge in [0.15, 0.2) is 11.5 Å². The van der Waals surface area contributed by atoms with Crippen molar-refractivity contribution in [2.45, 2.75) is 5.79 Å². The molecule has 28 heavy (non-hydrogen) atoms. The van der Waals surface area contributed by atoms with Gasteiger partial charge < -0.3 is 19.1 Å². The fraction of sp³-hybridized carbons (Fsp3) is 0.217. The quantitative estimate of drug-likeness (QED) is 0.680. The number of fused-ring (bicyclic) bond motifs is 1. The van der Waals surface area contributed by atoms with Crippen LogP contribution in [0.2, 0.25) is 0 Å². The third-order valence-electron chi connectivity index (χ3n) is 5.18. The van der Waals surface area contributed by atoms with Crippen molar-refractivity contribution in [2.24, 2.45) is 0 Å². The summed E-state index contributed by atoms with van der Waals surface area (Å²) in [6.07, 6.45) is 0. The highest BCUT2D eigenvalue weighted by Crippen LogP contribution is 2.49. The molecule has 0 aromatic heterocycles. The summed E-state index contributed by atoms with van der Waals surface area (Å²) in [4.78, 5) is 1.98. The maximum absolute atomic E-state index is 14.9. The predicted molar refractivity (Wildman–Crippen MR) is 104 cm³/mol. The summed E-state index contributed by atoms with van der Waals surface area (Å²) in [5, 5.41) is 0. The molecule has 1 fully saturated rings. The largest absolute Gasteiger partial charge is 0.440 e. The van der Waals surface area contributed by atoms with Crippen LogP contribution in [0.25, 0.3) is 0 Å². The Kier molecular flexibility index (Phi) is 4.17. The van der Waals surface area contributed by atoms with E-state index in [1.807, 2.05) is 65.6 Å². The number of anilines is 1. The molecule has 0 radical (unpaired) electrons. The molecule has 0 amide bonds. The van der Waals surface area contributed by atoms with Gasteiger partial charge in [0.05, 0.1) is 18.9 Å². The fourth-order valence-corrected chi connectivity index (χ4v) is 3.78. The van der Waals surface area contributed by atoms with E-state index in [0.29, 0.717) is 43.5 Å². The highest BCUT2D eigenvalue weighted by Gasteiger charge is 2.46. The summed E-state index contributed by atoms with van der Waals surface area (Å²) in [5.74, 6) is -0.514. The maximum Gasteiger partial charge on any atom is 0.305 e. The lowest BCUT2D eigenvalue weighted by molar-refractivity contribution is -0.0459. The minimum Gasteiger partial charge on any atom is -0.440 e. The first-order valence-electron chi connectivity index (χ1n) is 9.41. The van der Waals surface area contributed by atoms with E-state index in [-0.39, 0.29) is 5.82 Å². The molecule has 3 aromatic carbocycles. The van der Waals surface area contributed by atoms with Gasteiger partial charge in [0.2, 0.25) is 0 Å². The zero-order valence-electron chi connectivity index (χ0n) is 15.3. The third-order valence-corrected chi connectivity index (χ3v) is 5.18. The highest BCUT2D eigenvalue weighted by atomic mass is 19.1. The van der Waals surface area contributed by atoms with E-state index in [9.17, 15) is 4.39 Å². The Morgan fingerprint density at radius 1 is 0.750 bits per heavy atom. The standard InChI is InChI=1S/C23H20FNO3/c24-19-15-21-22(16-20(19)25-11-13-26-14-12-25)28-23(27-21,17-7-3-1-4-8-17)18-9-5-2-6-10-18/h1-10,15-16H,11-14H2. The minimum absolute atomic E-state index is 0.318. The first kappa shape index (κ1) is 17.1. The van der Waals surface area contributed by atoms with Gasteiger partial charge in [-0.1, -0.05) is 60.7 Å². The molecule has 0 atom stereocenters. The van der Waals surface area contributed by atoms with Crippen LogP contribution in [0.15, 0.2) is 72.8 Å². The normalized spacial score (nSPS) is 17.5. The molecule has 5 heteroatoms. The second-order valence-corrected chi connectivity index (χ2v) is 6.90. The lowest BCUT2D eigenvalue weighted by Gasteiger charge is -2.29. The Morgan fingerprint density at radius 3 is 1.86 bits per heavy atom. The summed E-state index contributed by atoms with van der Waals surface area (Å²) >= 11 is 0. The lowest BCUT2D eigenvalue weighted by atomic mass is 9.97. The number of rotatable bonds is 3. The molecule has 5 rings (SSSR count). The molecule has 2 aliphatic heterocycles. The molecule has 0 unspecified atom stereocenters. The van der Waals surface area contributed by atoms with Crippen molar-refractivity contribution in [2.75, 3.05) is 31.2 Å². The van der Waals surface area contributed by atoms with Crippen LogP contribution in [0, 0.1) is 5.82 Å². The number of hydrogen-bond acceptors (Lipinski definition) is 4. The Bertz CT molecular complexity index is 932. The Morgan fingerprint density at radius 2 is 1.29 bits per heavy atom. The molecule has 142 valence electrons. The summed E-state index contributed by atoms with van der Waals surface area (Å²) in [7, 11) is 0. The van der Waals surface area contributed by atoms with E-state index in [4.69, 9.17) is 14.2 Å². The topological polar surface area (TPSA) is 30.9 Å². The van der Waals surface area contributed by atoms with Crippen LogP contribution < -0.4 is 14.4 Å². The van der Waals surface area contributed by atoms with Gasteiger partial charge in [-0.05, 0) is 0 Å². The Balaban J connectivity index is 1.59. The second-order valence-electron chi connectivity index (χ2n) is 6.90. The van der Waals surface area contributed by atoms with Crippen molar-refractivity contribution in [3.63, 3.8) is 0 Å². The number of benzene rings is 3. The number of ether oxygens (including phenoxy) is 3. The van der Waals surface area contributed by atoms with Gasteiger partial charge in [0.25, 0.3) is 0 Å². The van der Waals surface area contributed by atoms with Crippen molar-refractivity contribution >= 4 is 5.69 Å². The average molecular weight is 377 g/mol. The van der Waals surface area contributed by atoms with Crippen LogP contribution in [-0.2, 0) is 10.5 Å². The van der Waals surface area contributed by atoms with Gasteiger partial charge in [-0.25, -0.2) is 4.39 Å². The van der Waals surface area contributed by atoms with Crippen LogP contribution in [0.5, 0.6) is 11.5 Å². The Labute approximate surface area is 163 Å². The summed E-state index contributed by atoms with van der Waals surface area (Å²) in [6.45, 7) is 2.48. The summed E-state index contributed by atoms with van der Waals surface area (Å²) in [5.41, 5.74) is 2.22. The van der Waals surface area contributed by atoms with Crippen molar-refractivity contribution in [1.29, 1.82) is 0 Å². The average Bonchev–Trinajstić information content (AvgIpc) is 3.14. The third kappa shape index (κ3) is 2.79. The number of hydrogen-bond donors (Lipinski definition) is 0. The molecule has 0 aliphatic carbocycles. The van der Waals surface area contributed by atoms with Crippen molar-refractivity contribution in [3.05, 3.63) is 89.7 Å². The van der Waals surface area contributed by atoms with Crippen molar-refractivity contribution in [1.82, 2.24) is 0 Å². The van der Waals surface area contributed by atoms with Crippen LogP contribution >= 0.6 is 0 Å². The van der Waals surface area contributed by atoms with E-state index in [1.54, 1.807) is 6.07 Å². The van der Waals surface area contributed by atoms with Gasteiger partial charge in [-0.2, -0.15) is 0 Å². The van der Waals surface area contributed by atoms with E-state index in [2.05, 4.69) is 0 Å². The lowest BCUT2D eigenvalue weighted by Crippen LogP contribution is -2.37. The van der Waals surface area contributed by atoms with Gasteiger partial charge in [-0.15, -0.1) is 0 Å². The van der Waals surface area contributed by atoms with E-state index < -0.39 is 5.79 Å². The first-order valence-corrected chi connectivity index (χ1v) is 9.41. The Hall–Kier alpha value is -3.05. The van der Waals surface area contributed by atoms with Gasteiger partial charge in [0, 0.05) is 36.3 Å². The summed E-state index contributed by atoms with van der Waals surface area (Å²) in [6, 6.07) is 22.6. The molecule has 0 spiro atoms. The monoisotopic (exact) mass is 377 g/mol. The molecule has 0 N–H and O–H groups in total. The van der Waals surface area contributed by atoms with Crippen LogP contribution in [0.1, 0.15) is 11.1 Å². The predicted octanol–water partition coefficient (Wildman–Crippen LogP) is 4.33. The molecule has 2 aliphatic rings. The van der Waals surface area contributed by atoms with Crippen LogP contribution in [-0.4, -0.2) is 26.3 Å². The SMILES string of the molecule is Fc1cc2c(cc1N1CCOCC1)OC(c1ccccc1)(c1ccccc1)O2. The molecule has 0 saturated carbocycles. The van der Waals surface area contributed by atoms with Gasteiger partial charge >= 0.3 is 5.79 Å². The number of morpholine rings is 1. The molecular weight excluding hydrogens is 357 g/mol. The molecule has 2 heterocycles. The minimum atomic E-state index is -1.14. The highest BCUT2D eigenvalue weighted by molar-refractivity contribution is 5.60. The molecule has 1 saturated heterocycles. The number of halogens is 1. The molecular formula is C23H20FNO3. The first-order chi connectivity index (χ1) is 13.8. The zero-order chi connectivity index (χ0) is 19.0. The smallest absolute Gasteiger partial charge is 0.305 e. The molecule has 4 nitrogen and oxygen atoms in total. The second kappa shape index (κ2) is 6.84. The van der Waals surface area contributed by atoms with Crippen molar-refractivity contribution < 1.29 is 18.6 Å². The van der Waals surface area contributed by atoms with E-state index in [1.165, 1.54) is 6.07 Å². The number of nitrogens with zero attached hydrogens (tertiary/aromatic N) is 1.